The number of hydrogen-bond donors (Lipinski definition) is 0. The molecule has 0 aliphatic rings. The lowest BCUT2D eigenvalue weighted by molar-refractivity contribution is 0.626. The average molecular weight is 232 g/mol. The Hall–Kier alpha value is 0.350. The maximum absolute atomic E-state index is 2.44. The molecule has 0 unspecified atom stereocenters. The van der Waals surface area contributed by atoms with Crippen LogP contribution in [0.1, 0.15) is 61.8 Å². The van der Waals surface area contributed by atoms with E-state index in [-0.39, 0.29) is 0 Å². The fourth-order valence-corrected chi connectivity index (χ4v) is 8.34. The van der Waals surface area contributed by atoms with Gasteiger partial charge < -0.3 is 0 Å². The number of rotatable bonds is 6. The van der Waals surface area contributed by atoms with Gasteiger partial charge in [-0.25, -0.2) is 10.0 Å². The SMILES string of the molecule is CC(C)CCS(C(C)C)(C(C)C)C(C)C. The molecular formula is C14H32S. The quantitative estimate of drug-likeness (QED) is 0.600. The fraction of sp³-hybridized carbons (Fsp3) is 1.00. The third kappa shape index (κ3) is 3.69. The Bertz CT molecular complexity index is 146. The van der Waals surface area contributed by atoms with Crippen LogP contribution in [0.15, 0.2) is 0 Å². The molecule has 0 nitrogen and oxygen atoms in total. The predicted molar refractivity (Wildman–Crippen MR) is 77.3 cm³/mol. The van der Waals surface area contributed by atoms with Gasteiger partial charge in [0.25, 0.3) is 0 Å². The summed E-state index contributed by atoms with van der Waals surface area (Å²) in [5.41, 5.74) is 0. The third-order valence-electron chi connectivity index (χ3n) is 3.68. The zero-order valence-corrected chi connectivity index (χ0v) is 12.9. The molecule has 0 fully saturated rings. The molecule has 0 spiro atoms. The molecule has 0 aromatic carbocycles. The van der Waals surface area contributed by atoms with Gasteiger partial charge in [0, 0.05) is 0 Å². The summed E-state index contributed by atoms with van der Waals surface area (Å²) in [5.74, 6) is 2.32. The van der Waals surface area contributed by atoms with E-state index in [0.29, 0.717) is 0 Å². The highest BCUT2D eigenvalue weighted by Gasteiger charge is 2.33. The Balaban J connectivity index is 4.80. The summed E-state index contributed by atoms with van der Waals surface area (Å²) in [6.07, 6.45) is 1.41. The van der Waals surface area contributed by atoms with Crippen molar-refractivity contribution >= 4 is 10.0 Å². The van der Waals surface area contributed by atoms with Crippen LogP contribution in [0.5, 0.6) is 0 Å². The van der Waals surface area contributed by atoms with E-state index in [1.807, 2.05) is 0 Å². The van der Waals surface area contributed by atoms with E-state index in [2.05, 4.69) is 55.4 Å². The molecule has 0 aliphatic carbocycles. The van der Waals surface area contributed by atoms with E-state index >= 15 is 0 Å². The van der Waals surface area contributed by atoms with Gasteiger partial charge in [-0.15, -0.1) is 0 Å². The molecular weight excluding hydrogens is 200 g/mol. The molecule has 15 heavy (non-hydrogen) atoms. The molecule has 0 heterocycles. The predicted octanol–water partition coefficient (Wildman–Crippen LogP) is 5.06. The van der Waals surface area contributed by atoms with Crippen molar-refractivity contribution in [3.63, 3.8) is 0 Å². The average Bonchev–Trinajstić information content (AvgIpc) is 2.02. The van der Waals surface area contributed by atoms with Crippen LogP contribution in [0.25, 0.3) is 0 Å². The molecule has 0 atom stereocenters. The van der Waals surface area contributed by atoms with E-state index in [1.54, 1.807) is 0 Å². The lowest BCUT2D eigenvalue weighted by Crippen LogP contribution is -2.31. The van der Waals surface area contributed by atoms with Crippen molar-refractivity contribution in [2.45, 2.75) is 77.6 Å². The zero-order valence-electron chi connectivity index (χ0n) is 12.1. The molecule has 0 amide bonds. The summed E-state index contributed by atoms with van der Waals surface area (Å²) in [4.78, 5) is 0. The highest BCUT2D eigenvalue weighted by atomic mass is 32.3. The van der Waals surface area contributed by atoms with E-state index in [1.165, 1.54) is 12.2 Å². The van der Waals surface area contributed by atoms with E-state index in [9.17, 15) is 0 Å². The van der Waals surface area contributed by atoms with Gasteiger partial charge in [0.2, 0.25) is 0 Å². The van der Waals surface area contributed by atoms with Crippen molar-refractivity contribution in [1.82, 2.24) is 0 Å². The molecule has 0 rings (SSSR count). The first-order valence-electron chi connectivity index (χ1n) is 6.52. The lowest BCUT2D eigenvalue weighted by atomic mass is 10.2. The van der Waals surface area contributed by atoms with Gasteiger partial charge >= 0.3 is 0 Å². The molecule has 0 bridgehead atoms. The normalized spacial score (nSPS) is 14.7. The second-order valence-corrected chi connectivity index (χ2v) is 11.0. The molecule has 0 aromatic rings. The van der Waals surface area contributed by atoms with E-state index < -0.39 is 10.0 Å². The van der Waals surface area contributed by atoms with Crippen molar-refractivity contribution in [3.05, 3.63) is 0 Å². The minimum absolute atomic E-state index is 0.441. The molecule has 94 valence electrons. The smallest absolute Gasteiger partial charge is 0.0164 e. The second kappa shape index (κ2) is 6.18. The highest BCUT2D eigenvalue weighted by Crippen LogP contribution is 2.60. The van der Waals surface area contributed by atoms with Crippen LogP contribution >= 0.6 is 10.0 Å². The van der Waals surface area contributed by atoms with Crippen molar-refractivity contribution < 1.29 is 0 Å². The molecule has 0 saturated heterocycles. The van der Waals surface area contributed by atoms with Crippen LogP contribution in [-0.4, -0.2) is 21.5 Å². The highest BCUT2D eigenvalue weighted by molar-refractivity contribution is 8.35. The van der Waals surface area contributed by atoms with Gasteiger partial charge in [-0.2, -0.15) is 0 Å². The topological polar surface area (TPSA) is 0 Å². The first-order valence-corrected chi connectivity index (χ1v) is 8.51. The number of hydrogen-bond acceptors (Lipinski definition) is 0. The van der Waals surface area contributed by atoms with Crippen LogP contribution in [0, 0.1) is 5.92 Å². The Kier molecular flexibility index (Phi) is 6.32. The molecule has 0 saturated carbocycles. The largest absolute Gasteiger partial charge is 0.234 e. The summed E-state index contributed by atoms with van der Waals surface area (Å²) in [6.45, 7) is 19.3. The van der Waals surface area contributed by atoms with Crippen LogP contribution in [0.3, 0.4) is 0 Å². The van der Waals surface area contributed by atoms with Crippen LogP contribution in [-0.2, 0) is 0 Å². The zero-order chi connectivity index (χ0) is 12.2. The van der Waals surface area contributed by atoms with Gasteiger partial charge in [0.05, 0.1) is 0 Å². The summed E-state index contributed by atoms with van der Waals surface area (Å²) in [5, 5.41) is 2.61. The van der Waals surface area contributed by atoms with Gasteiger partial charge in [0.15, 0.2) is 0 Å². The minimum Gasteiger partial charge on any atom is -0.234 e. The maximum Gasteiger partial charge on any atom is -0.0164 e. The van der Waals surface area contributed by atoms with Crippen molar-refractivity contribution in [2.75, 3.05) is 5.75 Å². The lowest BCUT2D eigenvalue weighted by Gasteiger charge is -2.52. The Morgan fingerprint density at radius 1 is 0.667 bits per heavy atom. The Labute approximate surface area is 99.5 Å². The maximum atomic E-state index is 2.44. The van der Waals surface area contributed by atoms with E-state index in [0.717, 1.165) is 21.7 Å². The summed E-state index contributed by atoms with van der Waals surface area (Å²) in [6, 6.07) is 0. The Morgan fingerprint density at radius 2 is 1.00 bits per heavy atom. The third-order valence-corrected chi connectivity index (χ3v) is 9.89. The van der Waals surface area contributed by atoms with Gasteiger partial charge in [0.1, 0.15) is 0 Å². The van der Waals surface area contributed by atoms with Crippen LogP contribution < -0.4 is 0 Å². The molecule has 1 heteroatoms. The molecule has 0 aromatic heterocycles. The fourth-order valence-electron chi connectivity index (χ4n) is 2.78. The van der Waals surface area contributed by atoms with Gasteiger partial charge in [-0.3, -0.25) is 0 Å². The first-order chi connectivity index (χ1) is 6.75. The molecule has 0 aliphatic heterocycles. The second-order valence-electron chi connectivity index (χ2n) is 5.94. The molecule has 0 N–H and O–H groups in total. The first kappa shape index (κ1) is 15.3. The van der Waals surface area contributed by atoms with Gasteiger partial charge in [-0.05, 0) is 33.8 Å². The summed E-state index contributed by atoms with van der Waals surface area (Å²) in [7, 11) is -0.441. The Morgan fingerprint density at radius 3 is 1.20 bits per heavy atom. The van der Waals surface area contributed by atoms with Crippen molar-refractivity contribution in [1.29, 1.82) is 0 Å². The standard InChI is InChI=1S/C14H32S/c1-11(2)9-10-15(12(3)4,13(5)6)14(7)8/h11-14H,9-10H2,1-8H3. The van der Waals surface area contributed by atoms with Crippen LogP contribution in [0.4, 0.5) is 0 Å². The van der Waals surface area contributed by atoms with Crippen molar-refractivity contribution in [3.8, 4) is 0 Å². The van der Waals surface area contributed by atoms with Crippen molar-refractivity contribution in [2.24, 2.45) is 5.92 Å². The van der Waals surface area contributed by atoms with E-state index in [4.69, 9.17) is 0 Å². The van der Waals surface area contributed by atoms with Gasteiger partial charge in [-0.1, -0.05) is 55.4 Å². The van der Waals surface area contributed by atoms with Crippen LogP contribution in [0.2, 0.25) is 0 Å². The minimum atomic E-state index is -0.441. The summed E-state index contributed by atoms with van der Waals surface area (Å²) >= 11 is 0. The monoisotopic (exact) mass is 232 g/mol. The molecule has 0 radical (unpaired) electrons. The summed E-state index contributed by atoms with van der Waals surface area (Å²) < 4.78 is 0.